The fraction of sp³-hybridized carbons (Fsp3) is 0.519. The predicted octanol–water partition coefficient (Wildman–Crippen LogP) is 3.83. The van der Waals surface area contributed by atoms with Gasteiger partial charge in [-0.3, -0.25) is 9.59 Å². The van der Waals surface area contributed by atoms with Gasteiger partial charge in [-0.25, -0.2) is 9.78 Å². The minimum absolute atomic E-state index is 0.0292. The molecule has 2 aliphatic heterocycles. The molecule has 1 aromatic carbocycles. The molecule has 1 aliphatic carbocycles. The topological polar surface area (TPSA) is 163 Å². The van der Waals surface area contributed by atoms with Crippen molar-refractivity contribution in [2.45, 2.75) is 76.2 Å². The van der Waals surface area contributed by atoms with E-state index in [1.54, 1.807) is 0 Å². The number of aromatic nitrogens is 2. The lowest BCUT2D eigenvalue weighted by Gasteiger charge is -2.32. The predicted molar refractivity (Wildman–Crippen MR) is 144 cm³/mol. The maximum Gasteiger partial charge on any atom is 0.404 e. The van der Waals surface area contributed by atoms with Crippen molar-refractivity contribution in [1.29, 1.82) is 0 Å². The molecule has 11 nitrogen and oxygen atoms in total. The molecule has 1 saturated heterocycles. The van der Waals surface area contributed by atoms with Gasteiger partial charge < -0.3 is 31.7 Å². The Hall–Kier alpha value is -3.89. The van der Waals surface area contributed by atoms with Gasteiger partial charge in [-0.05, 0) is 68.7 Å². The zero-order valence-corrected chi connectivity index (χ0v) is 21.8. The minimum Gasteiger partial charge on any atom is -0.465 e. The molecule has 202 valence electrons. The highest BCUT2D eigenvalue weighted by Crippen LogP contribution is 2.47. The molecule has 0 radical (unpaired) electrons. The first kappa shape index (κ1) is 25.7. The van der Waals surface area contributed by atoms with Crippen LogP contribution in [0.5, 0.6) is 0 Å². The van der Waals surface area contributed by atoms with Crippen molar-refractivity contribution in [3.63, 3.8) is 0 Å². The highest BCUT2D eigenvalue weighted by atomic mass is 16.4. The van der Waals surface area contributed by atoms with Crippen molar-refractivity contribution in [2.24, 2.45) is 5.73 Å². The van der Waals surface area contributed by atoms with Crippen LogP contribution in [-0.4, -0.2) is 52.1 Å². The number of amides is 3. The van der Waals surface area contributed by atoms with E-state index in [0.717, 1.165) is 61.0 Å². The standard InChI is InChI=1S/C27H35N7O4/c1-27(2)20-12-17(11-18(21(20)32-24(27)36)15-7-4-3-5-8-15)30-23-19(22(28)35)13-29-25(33-23)34-10-6-9-16(14-34)31-26(37)38/h11-13,15-16,31H,3-10,14H2,1-2H3,(H2,28,35)(H,32,36)(H,37,38)(H,29,30,33)/t16-/m0/s1. The molecule has 1 saturated carbocycles. The van der Waals surface area contributed by atoms with E-state index in [9.17, 15) is 14.4 Å². The van der Waals surface area contributed by atoms with E-state index in [1.165, 1.54) is 12.6 Å². The molecule has 5 rings (SSSR count). The van der Waals surface area contributed by atoms with Crippen molar-refractivity contribution >= 4 is 41.0 Å². The van der Waals surface area contributed by atoms with Gasteiger partial charge in [0.2, 0.25) is 11.9 Å². The molecular formula is C27H35N7O4. The number of primary amides is 1. The number of nitrogens with one attached hydrogen (secondary N) is 3. The average molecular weight is 522 g/mol. The Bertz CT molecular complexity index is 1270. The number of hydrogen-bond acceptors (Lipinski definition) is 7. The third kappa shape index (κ3) is 4.97. The van der Waals surface area contributed by atoms with Crippen LogP contribution in [0.15, 0.2) is 18.3 Å². The number of rotatable bonds is 6. The fourth-order valence-corrected chi connectivity index (χ4v) is 5.89. The zero-order chi connectivity index (χ0) is 27.0. The van der Waals surface area contributed by atoms with Crippen molar-refractivity contribution in [3.8, 4) is 0 Å². The Labute approximate surface area is 221 Å². The maximum absolute atomic E-state index is 12.9. The lowest BCUT2D eigenvalue weighted by molar-refractivity contribution is -0.119. The van der Waals surface area contributed by atoms with E-state index in [1.807, 2.05) is 24.8 Å². The van der Waals surface area contributed by atoms with Crippen LogP contribution in [0.1, 0.15) is 86.2 Å². The molecule has 2 fully saturated rings. The van der Waals surface area contributed by atoms with E-state index < -0.39 is 17.4 Å². The lowest BCUT2D eigenvalue weighted by atomic mass is 9.79. The van der Waals surface area contributed by atoms with Crippen LogP contribution in [-0.2, 0) is 10.2 Å². The number of carbonyl (C=O) groups excluding carboxylic acids is 2. The summed E-state index contributed by atoms with van der Waals surface area (Å²) in [4.78, 5) is 47.2. The van der Waals surface area contributed by atoms with Crippen LogP contribution in [0.2, 0.25) is 0 Å². The second kappa shape index (κ2) is 10.1. The van der Waals surface area contributed by atoms with E-state index in [0.29, 0.717) is 25.0 Å². The molecule has 38 heavy (non-hydrogen) atoms. The molecule has 11 heteroatoms. The number of nitrogens with zero attached hydrogens (tertiary/aromatic N) is 3. The van der Waals surface area contributed by atoms with E-state index in [4.69, 9.17) is 10.8 Å². The van der Waals surface area contributed by atoms with Gasteiger partial charge in [0.1, 0.15) is 11.4 Å². The molecule has 0 spiro atoms. The summed E-state index contributed by atoms with van der Waals surface area (Å²) in [7, 11) is 0. The Morgan fingerprint density at radius 2 is 1.92 bits per heavy atom. The fourth-order valence-electron chi connectivity index (χ4n) is 5.89. The van der Waals surface area contributed by atoms with Crippen molar-refractivity contribution in [2.75, 3.05) is 28.6 Å². The Morgan fingerprint density at radius 1 is 1.16 bits per heavy atom. The van der Waals surface area contributed by atoms with Gasteiger partial charge in [0, 0.05) is 36.7 Å². The van der Waals surface area contributed by atoms with E-state index in [-0.39, 0.29) is 23.3 Å². The highest BCUT2D eigenvalue weighted by Gasteiger charge is 2.41. The monoisotopic (exact) mass is 521 g/mol. The third-order valence-electron chi connectivity index (χ3n) is 8.03. The molecular weight excluding hydrogens is 486 g/mol. The van der Waals surface area contributed by atoms with Gasteiger partial charge in [0.25, 0.3) is 5.91 Å². The number of anilines is 4. The molecule has 1 aromatic heterocycles. The zero-order valence-electron chi connectivity index (χ0n) is 21.8. The molecule has 0 unspecified atom stereocenters. The number of piperidine rings is 1. The summed E-state index contributed by atoms with van der Waals surface area (Å²) in [5.74, 6) is 0.324. The Balaban J connectivity index is 1.51. The molecule has 3 heterocycles. The van der Waals surface area contributed by atoms with Crippen molar-refractivity contribution < 1.29 is 19.5 Å². The number of fused-ring (bicyclic) bond motifs is 1. The summed E-state index contributed by atoms with van der Waals surface area (Å²) in [5.41, 5.74) is 8.78. The van der Waals surface area contributed by atoms with E-state index >= 15 is 0 Å². The quantitative estimate of drug-likeness (QED) is 0.383. The minimum atomic E-state index is -1.06. The molecule has 1 atom stereocenters. The summed E-state index contributed by atoms with van der Waals surface area (Å²) >= 11 is 0. The second-order valence-electron chi connectivity index (χ2n) is 11.1. The van der Waals surface area contributed by atoms with Crippen LogP contribution in [0, 0.1) is 0 Å². The van der Waals surface area contributed by atoms with Crippen molar-refractivity contribution in [3.05, 3.63) is 35.0 Å². The van der Waals surface area contributed by atoms with Gasteiger partial charge in [0.15, 0.2) is 0 Å². The van der Waals surface area contributed by atoms with Gasteiger partial charge in [-0.15, -0.1) is 0 Å². The summed E-state index contributed by atoms with van der Waals surface area (Å²) in [5, 5.41) is 18.1. The molecule has 3 amide bonds. The number of carbonyl (C=O) groups is 3. The lowest BCUT2D eigenvalue weighted by Crippen LogP contribution is -2.48. The van der Waals surface area contributed by atoms with Crippen LogP contribution >= 0.6 is 0 Å². The highest BCUT2D eigenvalue weighted by molar-refractivity contribution is 6.07. The van der Waals surface area contributed by atoms with Crippen LogP contribution in [0.25, 0.3) is 0 Å². The van der Waals surface area contributed by atoms with Gasteiger partial charge >= 0.3 is 6.09 Å². The average Bonchev–Trinajstić information content (AvgIpc) is 3.12. The van der Waals surface area contributed by atoms with Crippen LogP contribution < -0.4 is 26.6 Å². The Morgan fingerprint density at radius 3 is 2.63 bits per heavy atom. The summed E-state index contributed by atoms with van der Waals surface area (Å²) in [6, 6.07) is 3.76. The summed E-state index contributed by atoms with van der Waals surface area (Å²) < 4.78 is 0. The van der Waals surface area contributed by atoms with Crippen LogP contribution in [0.3, 0.4) is 0 Å². The molecule has 0 bridgehead atoms. The number of hydrogen-bond donors (Lipinski definition) is 5. The third-order valence-corrected chi connectivity index (χ3v) is 8.03. The number of carboxylic acid groups (broad SMARTS) is 1. The molecule has 6 N–H and O–H groups in total. The first-order valence-corrected chi connectivity index (χ1v) is 13.3. The van der Waals surface area contributed by atoms with Gasteiger partial charge in [-0.1, -0.05) is 19.3 Å². The smallest absolute Gasteiger partial charge is 0.404 e. The van der Waals surface area contributed by atoms with Crippen LogP contribution in [0.4, 0.5) is 27.9 Å². The molecule has 3 aliphatic rings. The first-order valence-electron chi connectivity index (χ1n) is 13.3. The second-order valence-corrected chi connectivity index (χ2v) is 11.1. The van der Waals surface area contributed by atoms with Crippen molar-refractivity contribution in [1.82, 2.24) is 15.3 Å². The number of benzene rings is 1. The number of nitrogens with two attached hydrogens (primary N) is 1. The maximum atomic E-state index is 12.9. The first-order chi connectivity index (χ1) is 18.1. The SMILES string of the molecule is CC1(C)C(=O)Nc2c(C3CCCCC3)cc(Nc3nc(N4CCC[C@H](NC(=O)O)C4)ncc3C(N)=O)cc21. The summed E-state index contributed by atoms with van der Waals surface area (Å²) in [6.07, 6.45) is 7.52. The van der Waals surface area contributed by atoms with Gasteiger partial charge in [-0.2, -0.15) is 4.98 Å². The molecule has 2 aromatic rings. The van der Waals surface area contributed by atoms with Gasteiger partial charge in [0.05, 0.1) is 5.41 Å². The largest absolute Gasteiger partial charge is 0.465 e. The van der Waals surface area contributed by atoms with E-state index in [2.05, 4.69) is 32.0 Å². The summed E-state index contributed by atoms with van der Waals surface area (Å²) in [6.45, 7) is 4.92. The normalized spacial score (nSPS) is 20.9. The Kier molecular flexibility index (Phi) is 6.85.